The third-order valence-electron chi connectivity index (χ3n) is 30.1. The van der Waals surface area contributed by atoms with Crippen molar-refractivity contribution in [2.24, 2.45) is 92.7 Å². The number of ether oxygens (including phenoxy) is 8. The molecule has 0 saturated heterocycles. The van der Waals surface area contributed by atoms with Gasteiger partial charge in [-0.3, -0.25) is 9.59 Å². The standard InChI is InChI=1S/C100H146O10/c1-71(2)29-27-31-73(5)85-51-53-87-83-49-43-77-69-81(55-59-97(77,7)89(83)57-61-99(85,87)9)109-95(101)37-19-25-67-107-93-35-17-15-33-91(93)105-65-23-13-11-21-63-103-79-45-39-75(40-46-79)76-41-47-80(48-42-76)104-64-22-12-14-24-66-106-92-34-16-18-36-94(92)108-68-26-20-38-96(102)110-82-56-60-98(8)78(70-82)44-50-84-88-54-52-86(74(6)32-28-30-72(3)4)100(88,10)62-58-90(84)98/h15-18,33-36,39-48,71-74,81-90H,11-14,19-32,37-38,49-70H2,1-10H3/t73-,74-,81?,82?,83+,84+,85-,86-,87+,88+,89+,90+,97+,98+,99-,100-/m1/s1. The molecule has 0 aliphatic heterocycles. The average molecular weight is 1510 g/mol. The summed E-state index contributed by atoms with van der Waals surface area (Å²) in [6.07, 6.45) is 45.5. The van der Waals surface area contributed by atoms with Crippen molar-refractivity contribution in [3.05, 3.63) is 120 Å². The molecule has 110 heavy (non-hydrogen) atoms. The van der Waals surface area contributed by atoms with E-state index in [0.717, 1.165) is 232 Å². The van der Waals surface area contributed by atoms with Gasteiger partial charge in [-0.15, -0.1) is 0 Å². The summed E-state index contributed by atoms with van der Waals surface area (Å²) in [7, 11) is 0. The lowest BCUT2D eigenvalue weighted by molar-refractivity contribution is -0.152. The summed E-state index contributed by atoms with van der Waals surface area (Å²) < 4.78 is 49.5. The molecule has 0 spiro atoms. The normalized spacial score (nSPS) is 29.2. The molecule has 606 valence electrons. The van der Waals surface area contributed by atoms with Gasteiger partial charge in [0.25, 0.3) is 0 Å². The van der Waals surface area contributed by atoms with Crippen LogP contribution in [0.5, 0.6) is 34.5 Å². The Morgan fingerprint density at radius 2 is 0.709 bits per heavy atom. The lowest BCUT2D eigenvalue weighted by atomic mass is 9.47. The molecule has 0 aromatic heterocycles. The van der Waals surface area contributed by atoms with Gasteiger partial charge in [0.2, 0.25) is 0 Å². The number of hydrogen-bond acceptors (Lipinski definition) is 10. The van der Waals surface area contributed by atoms with E-state index in [-0.39, 0.29) is 35.0 Å². The smallest absolute Gasteiger partial charge is 0.306 e. The molecule has 0 radical (unpaired) electrons. The number of unbranched alkanes of at least 4 members (excludes halogenated alkanes) is 8. The lowest BCUT2D eigenvalue weighted by Gasteiger charge is -2.58. The third-order valence-corrected chi connectivity index (χ3v) is 30.1. The van der Waals surface area contributed by atoms with E-state index in [1.807, 2.05) is 48.5 Å². The number of esters is 2. The van der Waals surface area contributed by atoms with E-state index in [1.165, 1.54) is 103 Å². The fourth-order valence-corrected chi connectivity index (χ4v) is 23.8. The number of allylic oxidation sites excluding steroid dienone is 2. The van der Waals surface area contributed by atoms with E-state index in [1.54, 1.807) is 11.1 Å². The Hall–Kier alpha value is -5.90. The second-order valence-corrected chi connectivity index (χ2v) is 38.1. The molecule has 0 amide bonds. The van der Waals surface area contributed by atoms with Gasteiger partial charge in [-0.2, -0.15) is 0 Å². The Morgan fingerprint density at radius 3 is 1.06 bits per heavy atom. The second kappa shape index (κ2) is 39.9. The SMILES string of the molecule is CC(C)CCC[C@@H](C)[C@H]1CC[C@H]2[C@@H]3CC=C4CC(OC(=O)CCCCOc5ccccc5OCCCCCCOc5ccc(-c6ccc(OCCCCCCOc7ccccc7OCCCCC(=O)OC7CC[C@@]8(C)C(=CC[C@H]9[C@@H]%10CC[C@H]([C@H](C)CCCC(C)C)[C@@]%10(C)CC[C@@H]98)C7)cc6)cc5)CC[C@]4(C)[C@H]3CC[C@]12C. The first-order valence-electron chi connectivity index (χ1n) is 45.2. The van der Waals surface area contributed by atoms with Crippen LogP contribution in [0.3, 0.4) is 0 Å². The van der Waals surface area contributed by atoms with E-state index >= 15 is 0 Å². The van der Waals surface area contributed by atoms with E-state index in [4.69, 9.17) is 37.9 Å². The van der Waals surface area contributed by atoms with Gasteiger partial charge in [-0.25, -0.2) is 0 Å². The number of hydrogen-bond donors (Lipinski definition) is 0. The van der Waals surface area contributed by atoms with Gasteiger partial charge in [0.05, 0.1) is 39.6 Å². The Bertz CT molecular complexity index is 3320. The highest BCUT2D eigenvalue weighted by atomic mass is 16.6. The minimum Gasteiger partial charge on any atom is -0.494 e. The summed E-state index contributed by atoms with van der Waals surface area (Å²) in [6.45, 7) is 28.9. The monoisotopic (exact) mass is 1510 g/mol. The van der Waals surface area contributed by atoms with E-state index in [0.29, 0.717) is 63.3 Å². The van der Waals surface area contributed by atoms with Crippen molar-refractivity contribution in [2.75, 3.05) is 39.6 Å². The predicted molar refractivity (Wildman–Crippen MR) is 448 cm³/mol. The zero-order chi connectivity index (χ0) is 77.1. The molecule has 8 aliphatic rings. The topological polar surface area (TPSA) is 108 Å². The minimum atomic E-state index is -0.0601. The van der Waals surface area contributed by atoms with E-state index < -0.39 is 0 Å². The van der Waals surface area contributed by atoms with Crippen LogP contribution in [0.2, 0.25) is 0 Å². The summed E-state index contributed by atoms with van der Waals surface area (Å²) >= 11 is 0. The summed E-state index contributed by atoms with van der Waals surface area (Å²) in [5.74, 6) is 14.7. The van der Waals surface area contributed by atoms with Crippen molar-refractivity contribution in [3.8, 4) is 45.6 Å². The van der Waals surface area contributed by atoms with Gasteiger partial charge < -0.3 is 37.9 Å². The molecule has 16 atom stereocenters. The maximum absolute atomic E-state index is 13.2. The molecule has 4 aromatic rings. The highest BCUT2D eigenvalue weighted by Crippen LogP contribution is 2.69. The predicted octanol–water partition coefficient (Wildman–Crippen LogP) is 26.4. The van der Waals surface area contributed by atoms with Crippen LogP contribution in [0.15, 0.2) is 120 Å². The maximum atomic E-state index is 13.2. The Balaban J connectivity index is 0.451. The molecular formula is C100H146O10. The number of benzene rings is 4. The lowest BCUT2D eigenvalue weighted by Crippen LogP contribution is -2.51. The largest absolute Gasteiger partial charge is 0.494 e. The van der Waals surface area contributed by atoms with Gasteiger partial charge in [0, 0.05) is 25.7 Å². The van der Waals surface area contributed by atoms with Crippen molar-refractivity contribution in [1.29, 1.82) is 0 Å². The quantitative estimate of drug-likeness (QED) is 0.0241. The van der Waals surface area contributed by atoms with Crippen molar-refractivity contribution in [3.63, 3.8) is 0 Å². The van der Waals surface area contributed by atoms with Gasteiger partial charge in [-0.05, 0) is 319 Å². The molecule has 8 aliphatic carbocycles. The van der Waals surface area contributed by atoms with Crippen LogP contribution in [-0.2, 0) is 19.1 Å². The second-order valence-electron chi connectivity index (χ2n) is 38.1. The fraction of sp³-hybridized carbons (Fsp3) is 0.700. The molecule has 12 rings (SSSR count). The molecule has 6 saturated carbocycles. The number of rotatable bonds is 43. The summed E-state index contributed by atoms with van der Waals surface area (Å²) in [6, 6.07) is 32.6. The fourth-order valence-electron chi connectivity index (χ4n) is 23.8. The Kier molecular flexibility index (Phi) is 30.3. The third kappa shape index (κ3) is 21.2. The average Bonchev–Trinajstić information content (AvgIpc) is 1.44. The van der Waals surface area contributed by atoms with Crippen molar-refractivity contribution < 1.29 is 47.5 Å². The first kappa shape index (κ1) is 83.5. The summed E-state index contributed by atoms with van der Waals surface area (Å²) in [4.78, 5) is 26.4. The molecule has 0 N–H and O–H groups in total. The molecule has 0 heterocycles. The van der Waals surface area contributed by atoms with Crippen molar-refractivity contribution >= 4 is 11.9 Å². The van der Waals surface area contributed by atoms with Crippen LogP contribution in [0.4, 0.5) is 0 Å². The van der Waals surface area contributed by atoms with Crippen LogP contribution in [0, 0.1) is 92.7 Å². The molecule has 10 heteroatoms. The van der Waals surface area contributed by atoms with Gasteiger partial charge in [0.15, 0.2) is 23.0 Å². The highest BCUT2D eigenvalue weighted by molar-refractivity contribution is 5.70. The van der Waals surface area contributed by atoms with Crippen molar-refractivity contribution in [1.82, 2.24) is 0 Å². The van der Waals surface area contributed by atoms with Gasteiger partial charge in [0.1, 0.15) is 23.7 Å². The zero-order valence-corrected chi connectivity index (χ0v) is 70.3. The minimum absolute atomic E-state index is 0.00824. The van der Waals surface area contributed by atoms with E-state index in [9.17, 15) is 9.59 Å². The summed E-state index contributed by atoms with van der Waals surface area (Å²) in [5, 5.41) is 0. The molecule has 0 bridgehead atoms. The molecule has 10 nitrogen and oxygen atoms in total. The first-order valence-corrected chi connectivity index (χ1v) is 45.2. The van der Waals surface area contributed by atoms with Crippen LogP contribution >= 0.6 is 0 Å². The van der Waals surface area contributed by atoms with Gasteiger partial charge >= 0.3 is 11.9 Å². The highest BCUT2D eigenvalue weighted by Gasteiger charge is 2.61. The van der Waals surface area contributed by atoms with Gasteiger partial charge in [-0.1, -0.05) is 180 Å². The number of carbonyl (C=O) groups is 2. The molecule has 2 unspecified atom stereocenters. The van der Waals surface area contributed by atoms with E-state index in [2.05, 4.69) is 130 Å². The molecular weight excluding hydrogens is 1360 g/mol. The maximum Gasteiger partial charge on any atom is 0.306 e. The van der Waals surface area contributed by atoms with Crippen LogP contribution < -0.4 is 28.4 Å². The first-order chi connectivity index (χ1) is 53.3. The molecule has 6 fully saturated rings. The molecule has 4 aromatic carbocycles. The van der Waals surface area contributed by atoms with Crippen LogP contribution in [-0.4, -0.2) is 63.8 Å². The number of carbonyl (C=O) groups excluding carboxylic acids is 2. The number of para-hydroxylation sites is 4. The van der Waals surface area contributed by atoms with Crippen LogP contribution in [0.1, 0.15) is 300 Å². The summed E-state index contributed by atoms with van der Waals surface area (Å²) in [5.41, 5.74) is 7.00. The van der Waals surface area contributed by atoms with Crippen LogP contribution in [0.25, 0.3) is 11.1 Å². The number of fused-ring (bicyclic) bond motifs is 10. The van der Waals surface area contributed by atoms with Crippen molar-refractivity contribution in [2.45, 2.75) is 313 Å². The Labute approximate surface area is 666 Å². The zero-order valence-electron chi connectivity index (χ0n) is 70.3. The Morgan fingerprint density at radius 1 is 0.364 bits per heavy atom.